The summed E-state index contributed by atoms with van der Waals surface area (Å²) in [7, 11) is 2.02. The van der Waals surface area contributed by atoms with Crippen LogP contribution in [0.15, 0.2) is 30.0 Å². The topological polar surface area (TPSA) is 47.1 Å². The van der Waals surface area contributed by atoms with Crippen LogP contribution in [-0.2, 0) is 13.6 Å². The van der Waals surface area contributed by atoms with Gasteiger partial charge in [-0.25, -0.2) is 4.98 Å². The number of aromatic nitrogens is 2. The van der Waals surface area contributed by atoms with Crippen LogP contribution in [0.3, 0.4) is 0 Å². The Morgan fingerprint density at radius 3 is 2.74 bits per heavy atom. The fourth-order valence-electron chi connectivity index (χ4n) is 2.35. The second-order valence-electron chi connectivity index (χ2n) is 5.03. The Labute approximate surface area is 118 Å². The Morgan fingerprint density at radius 2 is 2.26 bits per heavy atom. The summed E-state index contributed by atoms with van der Waals surface area (Å²) in [4.78, 5) is 8.02. The third-order valence-corrected chi connectivity index (χ3v) is 4.26. The summed E-state index contributed by atoms with van der Waals surface area (Å²) in [5, 5.41) is 2.12. The molecule has 104 valence electrons. The predicted molar refractivity (Wildman–Crippen MR) is 80.0 cm³/mol. The normalized spacial score (nSPS) is 13.4. The van der Waals surface area contributed by atoms with Gasteiger partial charge in [0.1, 0.15) is 0 Å². The summed E-state index contributed by atoms with van der Waals surface area (Å²) in [6.45, 7) is 5.96. The van der Waals surface area contributed by atoms with Gasteiger partial charge in [0.2, 0.25) is 0 Å². The van der Waals surface area contributed by atoms with Crippen molar-refractivity contribution in [3.8, 4) is 0 Å². The Morgan fingerprint density at radius 1 is 1.47 bits per heavy atom. The molecule has 0 aliphatic heterocycles. The average Bonchev–Trinajstić information content (AvgIpc) is 3.01. The van der Waals surface area contributed by atoms with E-state index in [1.807, 2.05) is 19.6 Å². The minimum Gasteiger partial charge on any atom is -0.336 e. The first kappa shape index (κ1) is 14.2. The first-order chi connectivity index (χ1) is 9.13. The second-order valence-corrected chi connectivity index (χ2v) is 6.06. The van der Waals surface area contributed by atoms with Crippen molar-refractivity contribution in [2.75, 3.05) is 6.54 Å². The van der Waals surface area contributed by atoms with Crippen LogP contribution in [0, 0.1) is 0 Å². The zero-order chi connectivity index (χ0) is 13.8. The zero-order valence-electron chi connectivity index (χ0n) is 11.8. The van der Waals surface area contributed by atoms with Gasteiger partial charge in [-0.05, 0) is 25.3 Å². The summed E-state index contributed by atoms with van der Waals surface area (Å²) >= 11 is 1.79. The molecule has 1 atom stereocenters. The number of hydrogen-bond acceptors (Lipinski definition) is 4. The number of rotatable bonds is 6. The lowest BCUT2D eigenvalue weighted by molar-refractivity contribution is 0.144. The number of imidazole rings is 1. The van der Waals surface area contributed by atoms with Gasteiger partial charge in [-0.2, -0.15) is 0 Å². The molecule has 0 aliphatic rings. The Hall–Kier alpha value is -1.17. The first-order valence-electron chi connectivity index (χ1n) is 6.58. The largest absolute Gasteiger partial charge is 0.336 e. The molecule has 0 saturated carbocycles. The van der Waals surface area contributed by atoms with E-state index in [1.54, 1.807) is 11.3 Å². The first-order valence-corrected chi connectivity index (χ1v) is 7.45. The molecule has 0 amide bonds. The van der Waals surface area contributed by atoms with E-state index in [2.05, 4.69) is 45.8 Å². The van der Waals surface area contributed by atoms with E-state index >= 15 is 0 Å². The van der Waals surface area contributed by atoms with Crippen LogP contribution < -0.4 is 5.73 Å². The molecule has 0 radical (unpaired) electrons. The molecule has 4 nitrogen and oxygen atoms in total. The number of hydrogen-bond donors (Lipinski definition) is 1. The fraction of sp³-hybridized carbons (Fsp3) is 0.500. The zero-order valence-corrected chi connectivity index (χ0v) is 12.6. The molecule has 2 N–H and O–H groups in total. The molecule has 1 unspecified atom stereocenters. The van der Waals surface area contributed by atoms with Gasteiger partial charge in [-0.15, -0.1) is 11.3 Å². The Balaban J connectivity index is 2.23. The van der Waals surface area contributed by atoms with Crippen molar-refractivity contribution in [2.24, 2.45) is 12.8 Å². The average molecular weight is 278 g/mol. The molecule has 0 fully saturated rings. The summed E-state index contributed by atoms with van der Waals surface area (Å²) in [6.07, 6.45) is 3.75. The minimum absolute atomic E-state index is 0.203. The number of thiophene rings is 1. The summed E-state index contributed by atoms with van der Waals surface area (Å²) in [5.74, 6) is 0. The quantitative estimate of drug-likeness (QED) is 0.882. The maximum atomic E-state index is 6.02. The van der Waals surface area contributed by atoms with Crippen LogP contribution in [0.5, 0.6) is 0 Å². The van der Waals surface area contributed by atoms with Crippen molar-refractivity contribution in [1.82, 2.24) is 14.5 Å². The highest BCUT2D eigenvalue weighted by atomic mass is 32.1. The minimum atomic E-state index is 0.203. The van der Waals surface area contributed by atoms with Crippen molar-refractivity contribution in [3.05, 3.63) is 40.6 Å². The summed E-state index contributed by atoms with van der Waals surface area (Å²) < 4.78 is 2.06. The molecule has 0 aromatic carbocycles. The highest BCUT2D eigenvalue weighted by Gasteiger charge is 2.24. The summed E-state index contributed by atoms with van der Waals surface area (Å²) in [5.41, 5.74) is 7.19. The van der Waals surface area contributed by atoms with E-state index < -0.39 is 0 Å². The van der Waals surface area contributed by atoms with Gasteiger partial charge < -0.3 is 10.3 Å². The van der Waals surface area contributed by atoms with Crippen LogP contribution in [0.25, 0.3) is 0 Å². The molecule has 19 heavy (non-hydrogen) atoms. The molecule has 0 bridgehead atoms. The van der Waals surface area contributed by atoms with Crippen molar-refractivity contribution in [1.29, 1.82) is 0 Å². The van der Waals surface area contributed by atoms with E-state index in [9.17, 15) is 0 Å². The van der Waals surface area contributed by atoms with Crippen molar-refractivity contribution in [2.45, 2.75) is 32.5 Å². The number of nitrogens with zero attached hydrogens (tertiary/aromatic N) is 3. The van der Waals surface area contributed by atoms with Crippen LogP contribution in [0.1, 0.15) is 30.5 Å². The lowest BCUT2D eigenvalue weighted by Gasteiger charge is -2.34. The molecule has 0 saturated heterocycles. The van der Waals surface area contributed by atoms with E-state index in [-0.39, 0.29) is 6.04 Å². The molecule has 0 aliphatic carbocycles. The molecule has 2 rings (SSSR count). The number of nitrogens with two attached hydrogens (primary N) is 1. The monoisotopic (exact) mass is 278 g/mol. The second kappa shape index (κ2) is 6.32. The molecule has 2 heterocycles. The fourth-order valence-corrected chi connectivity index (χ4v) is 3.06. The highest BCUT2D eigenvalue weighted by molar-refractivity contribution is 7.09. The molecular weight excluding hydrogens is 256 g/mol. The van der Waals surface area contributed by atoms with Crippen molar-refractivity contribution in [3.63, 3.8) is 0 Å². The molecule has 2 aromatic heterocycles. The SMILES string of the molecule is CC(C)N(Cc1cccs1)C(CN)c1cncn1C. The van der Waals surface area contributed by atoms with Crippen molar-refractivity contribution >= 4 is 11.3 Å². The standard InChI is InChI=1S/C14H22N4S/c1-11(2)18(9-12-5-4-6-19-12)13(7-15)14-8-16-10-17(14)3/h4-6,8,10-11,13H,7,9,15H2,1-3H3. The van der Waals surface area contributed by atoms with Gasteiger partial charge in [-0.1, -0.05) is 6.07 Å². The van der Waals surface area contributed by atoms with Gasteiger partial charge in [0.05, 0.1) is 18.1 Å². The lowest BCUT2D eigenvalue weighted by Crippen LogP contribution is -2.38. The highest BCUT2D eigenvalue weighted by Crippen LogP contribution is 2.25. The molecular formula is C14H22N4S. The number of aryl methyl sites for hydroxylation is 1. The van der Waals surface area contributed by atoms with E-state index in [0.29, 0.717) is 12.6 Å². The maximum Gasteiger partial charge on any atom is 0.0946 e. The van der Waals surface area contributed by atoms with Crippen LogP contribution in [0.4, 0.5) is 0 Å². The van der Waals surface area contributed by atoms with Crippen LogP contribution in [0.2, 0.25) is 0 Å². The lowest BCUT2D eigenvalue weighted by atomic mass is 10.1. The predicted octanol–water partition coefficient (Wildman–Crippen LogP) is 2.39. The Kier molecular flexibility index (Phi) is 4.74. The van der Waals surface area contributed by atoms with Crippen LogP contribution >= 0.6 is 11.3 Å². The van der Waals surface area contributed by atoms with Gasteiger partial charge >= 0.3 is 0 Å². The maximum absolute atomic E-state index is 6.02. The van der Waals surface area contributed by atoms with Gasteiger partial charge in [0.25, 0.3) is 0 Å². The van der Waals surface area contributed by atoms with E-state index in [0.717, 1.165) is 6.54 Å². The van der Waals surface area contributed by atoms with Crippen LogP contribution in [-0.4, -0.2) is 27.0 Å². The van der Waals surface area contributed by atoms with Gasteiger partial charge in [0, 0.05) is 37.3 Å². The Bertz CT molecular complexity index is 489. The third kappa shape index (κ3) is 3.23. The van der Waals surface area contributed by atoms with E-state index in [1.165, 1.54) is 10.6 Å². The van der Waals surface area contributed by atoms with Gasteiger partial charge in [0.15, 0.2) is 0 Å². The van der Waals surface area contributed by atoms with Crippen molar-refractivity contribution < 1.29 is 0 Å². The molecule has 5 heteroatoms. The van der Waals surface area contributed by atoms with Gasteiger partial charge in [-0.3, -0.25) is 4.90 Å². The molecule has 2 aromatic rings. The smallest absolute Gasteiger partial charge is 0.0946 e. The molecule has 0 spiro atoms. The third-order valence-electron chi connectivity index (χ3n) is 3.40. The summed E-state index contributed by atoms with van der Waals surface area (Å²) in [6, 6.07) is 4.91. The van der Waals surface area contributed by atoms with E-state index in [4.69, 9.17) is 5.73 Å².